The predicted octanol–water partition coefficient (Wildman–Crippen LogP) is 2.43. The number of nitrogens with zero attached hydrogens (tertiary/aromatic N) is 2. The highest BCUT2D eigenvalue weighted by Gasteiger charge is 2.05. The molecule has 0 aliphatic heterocycles. The zero-order valence-electron chi connectivity index (χ0n) is 10.3. The van der Waals surface area contributed by atoms with Gasteiger partial charge >= 0.3 is 0 Å². The molecule has 0 unspecified atom stereocenters. The molecular formula is C13H11F2N5. The minimum atomic E-state index is -0.606. The van der Waals surface area contributed by atoms with Gasteiger partial charge in [-0.2, -0.15) is 5.10 Å². The number of rotatable bonds is 3. The molecule has 0 fully saturated rings. The Morgan fingerprint density at radius 1 is 1.15 bits per heavy atom. The van der Waals surface area contributed by atoms with E-state index >= 15 is 0 Å². The third-order valence-corrected chi connectivity index (χ3v) is 2.84. The second-order valence-corrected chi connectivity index (χ2v) is 4.34. The van der Waals surface area contributed by atoms with Crippen LogP contribution in [0.4, 0.5) is 20.4 Å². The van der Waals surface area contributed by atoms with Gasteiger partial charge in [0, 0.05) is 12.6 Å². The van der Waals surface area contributed by atoms with Crippen LogP contribution in [-0.2, 0) is 6.54 Å². The fraction of sp³-hybridized carbons (Fsp3) is 0.0769. The van der Waals surface area contributed by atoms with Crippen LogP contribution >= 0.6 is 0 Å². The standard InChI is InChI=1S/C13H11F2N5/c14-8-3-7(4-9(15)5-8)6-17-11-2-1-10-12(16)19-20-13(10)18-11/h1-5H,6H2,(H4,16,17,18,19,20). The van der Waals surface area contributed by atoms with Gasteiger partial charge in [0.25, 0.3) is 0 Å². The first-order chi connectivity index (χ1) is 9.61. The fourth-order valence-corrected chi connectivity index (χ4v) is 1.92. The molecule has 0 amide bonds. The lowest BCUT2D eigenvalue weighted by Crippen LogP contribution is -2.02. The summed E-state index contributed by atoms with van der Waals surface area (Å²) in [5.41, 5.74) is 6.64. The lowest BCUT2D eigenvalue weighted by Gasteiger charge is -2.06. The van der Waals surface area contributed by atoms with Gasteiger partial charge in [-0.05, 0) is 29.8 Å². The molecule has 3 aromatic rings. The molecule has 2 aromatic heterocycles. The second-order valence-electron chi connectivity index (χ2n) is 4.34. The summed E-state index contributed by atoms with van der Waals surface area (Å²) in [5, 5.41) is 10.3. The van der Waals surface area contributed by atoms with Crippen LogP contribution in [0.1, 0.15) is 5.56 Å². The molecule has 0 bridgehead atoms. The molecule has 0 aliphatic carbocycles. The third-order valence-electron chi connectivity index (χ3n) is 2.84. The molecule has 2 heterocycles. The summed E-state index contributed by atoms with van der Waals surface area (Å²) in [6.45, 7) is 0.257. The van der Waals surface area contributed by atoms with Crippen LogP contribution in [0.2, 0.25) is 0 Å². The van der Waals surface area contributed by atoms with Crippen molar-refractivity contribution in [2.75, 3.05) is 11.1 Å². The summed E-state index contributed by atoms with van der Waals surface area (Å²) >= 11 is 0. The zero-order chi connectivity index (χ0) is 14.1. The third kappa shape index (κ3) is 2.37. The number of benzene rings is 1. The monoisotopic (exact) mass is 275 g/mol. The Labute approximate surface area is 112 Å². The van der Waals surface area contributed by atoms with Crippen molar-refractivity contribution < 1.29 is 8.78 Å². The number of anilines is 2. The maximum atomic E-state index is 13.1. The molecule has 0 saturated heterocycles. The van der Waals surface area contributed by atoms with Crippen molar-refractivity contribution in [1.82, 2.24) is 15.2 Å². The Balaban J connectivity index is 1.79. The molecule has 5 nitrogen and oxygen atoms in total. The highest BCUT2D eigenvalue weighted by molar-refractivity contribution is 5.86. The maximum absolute atomic E-state index is 13.1. The van der Waals surface area contributed by atoms with Crippen LogP contribution in [0.25, 0.3) is 11.0 Å². The summed E-state index contributed by atoms with van der Waals surface area (Å²) in [6.07, 6.45) is 0. The summed E-state index contributed by atoms with van der Waals surface area (Å²) < 4.78 is 26.1. The van der Waals surface area contributed by atoms with Crippen molar-refractivity contribution in [1.29, 1.82) is 0 Å². The average molecular weight is 275 g/mol. The molecule has 0 radical (unpaired) electrons. The van der Waals surface area contributed by atoms with Crippen LogP contribution in [0.3, 0.4) is 0 Å². The number of nitrogens with one attached hydrogen (secondary N) is 2. The van der Waals surface area contributed by atoms with E-state index in [1.54, 1.807) is 12.1 Å². The van der Waals surface area contributed by atoms with Crippen molar-refractivity contribution in [3.05, 3.63) is 47.5 Å². The Bertz CT molecular complexity index is 748. The van der Waals surface area contributed by atoms with Crippen LogP contribution in [0.5, 0.6) is 0 Å². The minimum Gasteiger partial charge on any atom is -0.384 e. The number of nitrogen functional groups attached to an aromatic ring is 1. The van der Waals surface area contributed by atoms with E-state index in [0.29, 0.717) is 22.8 Å². The molecule has 0 atom stereocenters. The second kappa shape index (κ2) is 4.76. The Morgan fingerprint density at radius 3 is 2.65 bits per heavy atom. The van der Waals surface area contributed by atoms with Crippen molar-refractivity contribution in [3.63, 3.8) is 0 Å². The van der Waals surface area contributed by atoms with Gasteiger partial charge in [0.05, 0.1) is 5.39 Å². The van der Waals surface area contributed by atoms with Crippen molar-refractivity contribution in [3.8, 4) is 0 Å². The Hall–Kier alpha value is -2.70. The zero-order valence-corrected chi connectivity index (χ0v) is 10.3. The number of pyridine rings is 1. The van der Waals surface area contributed by atoms with Crippen LogP contribution in [0, 0.1) is 11.6 Å². The fourth-order valence-electron chi connectivity index (χ4n) is 1.92. The Kier molecular flexibility index (Phi) is 2.94. The molecule has 0 saturated carbocycles. The van der Waals surface area contributed by atoms with Crippen molar-refractivity contribution in [2.24, 2.45) is 0 Å². The number of hydrogen-bond acceptors (Lipinski definition) is 4. The van der Waals surface area contributed by atoms with E-state index in [2.05, 4.69) is 20.5 Å². The summed E-state index contributed by atoms with van der Waals surface area (Å²) in [5.74, 6) is -0.213. The van der Waals surface area contributed by atoms with Crippen molar-refractivity contribution >= 4 is 22.7 Å². The van der Waals surface area contributed by atoms with Crippen LogP contribution in [0.15, 0.2) is 30.3 Å². The maximum Gasteiger partial charge on any atom is 0.185 e. The van der Waals surface area contributed by atoms with E-state index in [4.69, 9.17) is 5.73 Å². The lowest BCUT2D eigenvalue weighted by atomic mass is 10.2. The smallest absolute Gasteiger partial charge is 0.185 e. The molecule has 0 spiro atoms. The molecular weight excluding hydrogens is 264 g/mol. The van der Waals surface area contributed by atoms with E-state index in [9.17, 15) is 8.78 Å². The van der Waals surface area contributed by atoms with Crippen LogP contribution in [-0.4, -0.2) is 15.2 Å². The summed E-state index contributed by atoms with van der Waals surface area (Å²) in [4.78, 5) is 4.24. The molecule has 1 aromatic carbocycles. The van der Waals surface area contributed by atoms with Crippen molar-refractivity contribution in [2.45, 2.75) is 6.54 Å². The van der Waals surface area contributed by atoms with Gasteiger partial charge < -0.3 is 11.1 Å². The van der Waals surface area contributed by atoms with E-state index in [0.717, 1.165) is 11.5 Å². The number of aromatic amines is 1. The highest BCUT2D eigenvalue weighted by Crippen LogP contribution is 2.18. The number of fused-ring (bicyclic) bond motifs is 1. The van der Waals surface area contributed by atoms with Crippen LogP contribution < -0.4 is 11.1 Å². The molecule has 102 valence electrons. The highest BCUT2D eigenvalue weighted by atomic mass is 19.1. The average Bonchev–Trinajstić information content (AvgIpc) is 2.77. The van der Waals surface area contributed by atoms with Gasteiger partial charge in [-0.1, -0.05) is 0 Å². The number of halogens is 2. The van der Waals surface area contributed by atoms with E-state index in [-0.39, 0.29) is 6.54 Å². The lowest BCUT2D eigenvalue weighted by molar-refractivity contribution is 0.580. The molecule has 7 heteroatoms. The van der Waals surface area contributed by atoms with E-state index < -0.39 is 11.6 Å². The van der Waals surface area contributed by atoms with Gasteiger partial charge in [0.1, 0.15) is 23.3 Å². The molecule has 4 N–H and O–H groups in total. The Morgan fingerprint density at radius 2 is 1.90 bits per heavy atom. The van der Waals surface area contributed by atoms with Gasteiger partial charge in [0.2, 0.25) is 0 Å². The number of hydrogen-bond donors (Lipinski definition) is 3. The summed E-state index contributed by atoms with van der Waals surface area (Å²) in [7, 11) is 0. The van der Waals surface area contributed by atoms with E-state index in [1.807, 2.05) is 0 Å². The normalized spacial score (nSPS) is 10.9. The first-order valence-electron chi connectivity index (χ1n) is 5.91. The molecule has 3 rings (SSSR count). The molecule has 0 aliphatic rings. The summed E-state index contributed by atoms with van der Waals surface area (Å²) in [6, 6.07) is 6.86. The molecule has 20 heavy (non-hydrogen) atoms. The number of H-pyrrole nitrogens is 1. The topological polar surface area (TPSA) is 79.6 Å². The predicted molar refractivity (Wildman–Crippen MR) is 72.0 cm³/mol. The minimum absolute atomic E-state index is 0.257. The largest absolute Gasteiger partial charge is 0.384 e. The number of nitrogens with two attached hydrogens (primary N) is 1. The van der Waals surface area contributed by atoms with E-state index in [1.165, 1.54) is 12.1 Å². The van der Waals surface area contributed by atoms with Gasteiger partial charge in [-0.15, -0.1) is 0 Å². The number of aromatic nitrogens is 3. The van der Waals surface area contributed by atoms with Gasteiger partial charge in [0.15, 0.2) is 5.65 Å². The first-order valence-corrected chi connectivity index (χ1v) is 5.91. The van der Waals surface area contributed by atoms with Gasteiger partial charge in [-0.25, -0.2) is 13.8 Å². The first kappa shape index (κ1) is 12.3. The van der Waals surface area contributed by atoms with Gasteiger partial charge in [-0.3, -0.25) is 5.10 Å². The quantitative estimate of drug-likeness (QED) is 0.686. The SMILES string of the molecule is Nc1[nH]nc2nc(NCc3cc(F)cc(F)c3)ccc12.